The number of amides is 1. The lowest BCUT2D eigenvalue weighted by molar-refractivity contribution is -0.129. The molecule has 0 spiro atoms. The number of ether oxygens (including phenoxy) is 3. The maximum absolute atomic E-state index is 12.4. The zero-order valence-electron chi connectivity index (χ0n) is 15.9. The number of benzene rings is 2. The second kappa shape index (κ2) is 8.47. The highest BCUT2D eigenvalue weighted by atomic mass is 16.5. The van der Waals surface area contributed by atoms with E-state index in [1.807, 2.05) is 30.3 Å². The summed E-state index contributed by atoms with van der Waals surface area (Å²) in [6.45, 7) is 1.81. The highest BCUT2D eigenvalue weighted by molar-refractivity contribution is 6.04. The molecule has 1 atom stereocenters. The third kappa shape index (κ3) is 4.09. The number of hydrogen-bond acceptors (Lipinski definition) is 5. The lowest BCUT2D eigenvalue weighted by Crippen LogP contribution is -2.35. The zero-order chi connectivity index (χ0) is 20.1. The molecule has 0 aliphatic carbocycles. The minimum atomic E-state index is -0.929. The molecule has 0 bridgehead atoms. The first-order valence-electron chi connectivity index (χ1n) is 8.79. The molecule has 2 aromatic carbocycles. The first kappa shape index (κ1) is 19.3. The van der Waals surface area contributed by atoms with Crippen LogP contribution in [0.1, 0.15) is 22.8 Å². The fourth-order valence-corrected chi connectivity index (χ4v) is 2.84. The van der Waals surface area contributed by atoms with E-state index < -0.39 is 12.1 Å². The molecule has 3 rings (SSSR count). The molecule has 1 amide bonds. The summed E-state index contributed by atoms with van der Waals surface area (Å²) in [5.41, 5.74) is 2.07. The van der Waals surface area contributed by atoms with Crippen LogP contribution in [0.5, 0.6) is 11.5 Å². The summed E-state index contributed by atoms with van der Waals surface area (Å²) in [4.78, 5) is 27.7. The van der Waals surface area contributed by atoms with Gasteiger partial charge in [0.15, 0.2) is 17.6 Å². The van der Waals surface area contributed by atoms with Crippen LogP contribution in [0.2, 0.25) is 0 Å². The number of esters is 1. The molecule has 146 valence electrons. The van der Waals surface area contributed by atoms with Gasteiger partial charge in [-0.2, -0.15) is 0 Å². The Labute approximate surface area is 162 Å². The van der Waals surface area contributed by atoms with Crippen LogP contribution in [0.3, 0.4) is 0 Å². The molecule has 0 saturated heterocycles. The summed E-state index contributed by atoms with van der Waals surface area (Å²) in [5, 5.41) is 3.51. The summed E-state index contributed by atoms with van der Waals surface area (Å²) in [7, 11) is 3.11. The van der Waals surface area contributed by atoms with Crippen molar-refractivity contribution in [2.75, 3.05) is 14.2 Å². The number of aromatic nitrogens is 1. The van der Waals surface area contributed by atoms with E-state index in [-0.39, 0.29) is 12.5 Å². The topological polar surface area (TPSA) is 89.6 Å². The molecule has 7 nitrogen and oxygen atoms in total. The summed E-state index contributed by atoms with van der Waals surface area (Å²) in [6, 6.07) is 12.8. The maximum Gasteiger partial charge on any atom is 0.341 e. The Balaban J connectivity index is 1.59. The van der Waals surface area contributed by atoms with Crippen LogP contribution in [0.15, 0.2) is 48.7 Å². The highest BCUT2D eigenvalue weighted by Crippen LogP contribution is 2.27. The molecule has 1 aromatic heterocycles. The Bertz CT molecular complexity index is 995. The quantitative estimate of drug-likeness (QED) is 0.613. The molecule has 28 heavy (non-hydrogen) atoms. The summed E-state index contributed by atoms with van der Waals surface area (Å²) < 4.78 is 15.8. The molecule has 0 fully saturated rings. The number of fused-ring (bicyclic) bond motifs is 1. The molecule has 0 aliphatic rings. The predicted octanol–water partition coefficient (Wildman–Crippen LogP) is 3.05. The van der Waals surface area contributed by atoms with Gasteiger partial charge in [-0.25, -0.2) is 4.79 Å². The minimum Gasteiger partial charge on any atom is -0.493 e. The molecule has 0 saturated carbocycles. The average Bonchev–Trinajstić information content (AvgIpc) is 3.15. The van der Waals surface area contributed by atoms with Gasteiger partial charge in [0.25, 0.3) is 5.91 Å². The van der Waals surface area contributed by atoms with Crippen LogP contribution < -0.4 is 14.8 Å². The van der Waals surface area contributed by atoms with E-state index in [9.17, 15) is 9.59 Å². The van der Waals surface area contributed by atoms with Crippen molar-refractivity contribution in [1.82, 2.24) is 10.3 Å². The van der Waals surface area contributed by atoms with Crippen LogP contribution in [0.25, 0.3) is 10.9 Å². The molecule has 3 aromatic rings. The Kier molecular flexibility index (Phi) is 5.84. The van der Waals surface area contributed by atoms with Gasteiger partial charge in [0.05, 0.1) is 19.8 Å². The van der Waals surface area contributed by atoms with Crippen molar-refractivity contribution in [2.45, 2.75) is 19.6 Å². The largest absolute Gasteiger partial charge is 0.493 e. The predicted molar refractivity (Wildman–Crippen MR) is 105 cm³/mol. The highest BCUT2D eigenvalue weighted by Gasteiger charge is 2.21. The zero-order valence-corrected chi connectivity index (χ0v) is 15.9. The van der Waals surface area contributed by atoms with Crippen molar-refractivity contribution < 1.29 is 23.8 Å². The van der Waals surface area contributed by atoms with Gasteiger partial charge in [0.1, 0.15) is 0 Å². The summed E-state index contributed by atoms with van der Waals surface area (Å²) in [5.74, 6) is 0.251. The lowest BCUT2D eigenvalue weighted by Gasteiger charge is -2.14. The monoisotopic (exact) mass is 382 g/mol. The third-order valence-electron chi connectivity index (χ3n) is 4.38. The maximum atomic E-state index is 12.4. The number of carbonyl (C=O) groups excluding carboxylic acids is 2. The Morgan fingerprint density at radius 1 is 1.07 bits per heavy atom. The van der Waals surface area contributed by atoms with E-state index in [0.717, 1.165) is 16.5 Å². The van der Waals surface area contributed by atoms with Gasteiger partial charge in [-0.15, -0.1) is 0 Å². The van der Waals surface area contributed by atoms with Gasteiger partial charge in [-0.05, 0) is 30.7 Å². The number of aromatic amines is 1. The molecular weight excluding hydrogens is 360 g/mol. The van der Waals surface area contributed by atoms with Crippen molar-refractivity contribution in [3.05, 3.63) is 59.8 Å². The molecule has 0 radical (unpaired) electrons. The van der Waals surface area contributed by atoms with E-state index >= 15 is 0 Å². The number of nitrogens with one attached hydrogen (secondary N) is 2. The Morgan fingerprint density at radius 2 is 1.82 bits per heavy atom. The van der Waals surface area contributed by atoms with E-state index in [1.54, 1.807) is 32.5 Å². The molecule has 0 aliphatic heterocycles. The third-order valence-corrected chi connectivity index (χ3v) is 4.38. The van der Waals surface area contributed by atoms with Crippen LogP contribution in [-0.4, -0.2) is 37.2 Å². The van der Waals surface area contributed by atoms with Gasteiger partial charge >= 0.3 is 5.97 Å². The number of methoxy groups -OCH3 is 2. The second-order valence-corrected chi connectivity index (χ2v) is 6.20. The van der Waals surface area contributed by atoms with E-state index in [2.05, 4.69) is 10.3 Å². The molecule has 2 N–H and O–H groups in total. The average molecular weight is 382 g/mol. The SMILES string of the molecule is COc1ccc(CNC(=O)[C@@H](C)OC(=O)c2c[nH]c3ccccc23)cc1OC. The van der Waals surface area contributed by atoms with Crippen LogP contribution in [0, 0.1) is 0 Å². The molecule has 7 heteroatoms. The second-order valence-electron chi connectivity index (χ2n) is 6.20. The smallest absolute Gasteiger partial charge is 0.341 e. The summed E-state index contributed by atoms with van der Waals surface area (Å²) in [6.07, 6.45) is 0.655. The fraction of sp³-hybridized carbons (Fsp3) is 0.238. The van der Waals surface area contributed by atoms with Gasteiger partial charge in [-0.3, -0.25) is 4.79 Å². The number of hydrogen-bond donors (Lipinski definition) is 2. The first-order chi connectivity index (χ1) is 13.5. The van der Waals surface area contributed by atoms with Gasteiger partial charge in [0, 0.05) is 23.6 Å². The number of carbonyl (C=O) groups is 2. The Hall–Kier alpha value is -3.48. The molecule has 1 heterocycles. The number of rotatable bonds is 7. The van der Waals surface area contributed by atoms with Crippen molar-refractivity contribution in [2.24, 2.45) is 0 Å². The fourth-order valence-electron chi connectivity index (χ4n) is 2.84. The Morgan fingerprint density at radius 3 is 2.57 bits per heavy atom. The lowest BCUT2D eigenvalue weighted by atomic mass is 10.2. The summed E-state index contributed by atoms with van der Waals surface area (Å²) >= 11 is 0. The standard InChI is InChI=1S/C21H22N2O5/c1-13(28-21(25)16-12-22-17-7-5-4-6-15(16)17)20(24)23-11-14-8-9-18(26-2)19(10-14)27-3/h4-10,12-13,22H,11H2,1-3H3,(H,23,24)/t13-/m1/s1. The van der Waals surface area contributed by atoms with Crippen molar-refractivity contribution in [3.8, 4) is 11.5 Å². The van der Waals surface area contributed by atoms with E-state index in [4.69, 9.17) is 14.2 Å². The number of para-hydroxylation sites is 1. The molecule has 0 unspecified atom stereocenters. The van der Waals surface area contributed by atoms with Crippen molar-refractivity contribution in [3.63, 3.8) is 0 Å². The number of H-pyrrole nitrogens is 1. The van der Waals surface area contributed by atoms with E-state index in [1.165, 1.54) is 6.92 Å². The van der Waals surface area contributed by atoms with Crippen LogP contribution >= 0.6 is 0 Å². The van der Waals surface area contributed by atoms with Crippen molar-refractivity contribution in [1.29, 1.82) is 0 Å². The van der Waals surface area contributed by atoms with Crippen LogP contribution in [-0.2, 0) is 16.1 Å². The first-order valence-corrected chi connectivity index (χ1v) is 8.79. The van der Waals surface area contributed by atoms with Crippen LogP contribution in [0.4, 0.5) is 0 Å². The minimum absolute atomic E-state index is 0.272. The van der Waals surface area contributed by atoms with Gasteiger partial charge < -0.3 is 24.5 Å². The molecular formula is C21H22N2O5. The van der Waals surface area contributed by atoms with Gasteiger partial charge in [0.2, 0.25) is 0 Å². The van der Waals surface area contributed by atoms with E-state index in [0.29, 0.717) is 17.1 Å². The normalized spacial score (nSPS) is 11.7. The van der Waals surface area contributed by atoms with Gasteiger partial charge in [-0.1, -0.05) is 24.3 Å². The van der Waals surface area contributed by atoms with Crippen molar-refractivity contribution >= 4 is 22.8 Å².